The second-order valence-electron chi connectivity index (χ2n) is 8.06. The van der Waals surface area contributed by atoms with Gasteiger partial charge >= 0.3 is 0 Å². The first-order valence-corrected chi connectivity index (χ1v) is 10.8. The molecule has 3 aromatic heterocycles. The maximum atomic E-state index is 5.89. The predicted octanol–water partition coefficient (Wildman–Crippen LogP) is 2.86. The first kappa shape index (κ1) is 19.2. The Morgan fingerprint density at radius 3 is 2.60 bits per heavy atom. The van der Waals surface area contributed by atoms with Crippen molar-refractivity contribution in [2.24, 2.45) is 17.8 Å². The van der Waals surface area contributed by atoms with E-state index in [1.54, 1.807) is 17.1 Å². The number of aromatic nitrogens is 7. The first-order chi connectivity index (χ1) is 14.8. The van der Waals surface area contributed by atoms with Crippen molar-refractivity contribution in [3.63, 3.8) is 0 Å². The van der Waals surface area contributed by atoms with Gasteiger partial charge in [-0.05, 0) is 66.0 Å². The highest BCUT2D eigenvalue weighted by molar-refractivity contribution is 6.30. The molecule has 0 radical (unpaired) electrons. The van der Waals surface area contributed by atoms with Crippen LogP contribution in [0.3, 0.4) is 0 Å². The molecule has 156 valence electrons. The number of pyridine rings is 1. The van der Waals surface area contributed by atoms with E-state index in [0.29, 0.717) is 10.8 Å². The van der Waals surface area contributed by atoms with Crippen molar-refractivity contribution in [3.8, 4) is 5.82 Å². The average Bonchev–Trinajstić information content (AvgIpc) is 3.34. The van der Waals surface area contributed by atoms with Crippen molar-refractivity contribution in [1.29, 1.82) is 0 Å². The smallest absolute Gasteiger partial charge is 0.225 e. The van der Waals surface area contributed by atoms with Crippen LogP contribution in [0.5, 0.6) is 0 Å². The third-order valence-corrected chi connectivity index (χ3v) is 6.38. The number of tetrazole rings is 1. The van der Waals surface area contributed by atoms with Crippen molar-refractivity contribution in [1.82, 2.24) is 35.2 Å². The largest absolute Gasteiger partial charge is 0.384 e. The summed E-state index contributed by atoms with van der Waals surface area (Å²) in [6, 6.07) is 3.93. The van der Waals surface area contributed by atoms with E-state index in [0.717, 1.165) is 49.0 Å². The normalized spacial score (nSPS) is 21.6. The van der Waals surface area contributed by atoms with E-state index < -0.39 is 0 Å². The number of halogens is 1. The maximum absolute atomic E-state index is 5.89. The molecule has 3 aromatic rings. The van der Waals surface area contributed by atoms with Crippen LogP contribution in [0.4, 0.5) is 11.6 Å². The molecule has 30 heavy (non-hydrogen) atoms. The molecule has 4 heterocycles. The number of nitrogens with one attached hydrogen (secondary N) is 1. The second kappa shape index (κ2) is 8.51. The lowest BCUT2D eigenvalue weighted by Crippen LogP contribution is -2.35. The van der Waals surface area contributed by atoms with Crippen molar-refractivity contribution in [2.75, 3.05) is 29.9 Å². The minimum absolute atomic E-state index is 0.585. The van der Waals surface area contributed by atoms with Gasteiger partial charge in [-0.1, -0.05) is 11.6 Å². The zero-order valence-electron chi connectivity index (χ0n) is 16.6. The van der Waals surface area contributed by atoms with Crippen LogP contribution in [-0.4, -0.2) is 54.8 Å². The minimum atomic E-state index is 0.585. The molecule has 9 nitrogen and oxygen atoms in total. The zero-order valence-corrected chi connectivity index (χ0v) is 17.4. The molecule has 1 aliphatic heterocycles. The summed E-state index contributed by atoms with van der Waals surface area (Å²) in [6.45, 7) is 3.05. The third-order valence-electron chi connectivity index (χ3n) is 6.19. The summed E-state index contributed by atoms with van der Waals surface area (Å²) in [5, 5.41) is 15.2. The van der Waals surface area contributed by atoms with Gasteiger partial charge in [0.1, 0.15) is 6.33 Å². The first-order valence-electron chi connectivity index (χ1n) is 10.4. The molecule has 2 atom stereocenters. The van der Waals surface area contributed by atoms with E-state index in [9.17, 15) is 0 Å². The topological polar surface area (TPSA) is 97.5 Å². The SMILES string of the molecule is Clc1cnc(N2CCC(C3CC3CCNc3ccc(-n4cnnn4)nc3)CC2)nc1. The number of rotatable bonds is 7. The molecule has 2 aliphatic rings. The van der Waals surface area contributed by atoms with Gasteiger partial charge in [0.2, 0.25) is 5.95 Å². The van der Waals surface area contributed by atoms with Gasteiger partial charge in [-0.25, -0.2) is 15.0 Å². The van der Waals surface area contributed by atoms with Gasteiger partial charge in [-0.2, -0.15) is 4.68 Å². The van der Waals surface area contributed by atoms with Gasteiger partial charge in [0.25, 0.3) is 0 Å². The lowest BCUT2D eigenvalue weighted by molar-refractivity contribution is 0.343. The van der Waals surface area contributed by atoms with Crippen LogP contribution in [0.25, 0.3) is 5.82 Å². The molecule has 10 heteroatoms. The summed E-state index contributed by atoms with van der Waals surface area (Å²) in [5.74, 6) is 4.06. The molecule has 5 rings (SSSR count). The summed E-state index contributed by atoms with van der Waals surface area (Å²) >= 11 is 5.89. The predicted molar refractivity (Wildman–Crippen MR) is 114 cm³/mol. The molecule has 2 fully saturated rings. The molecule has 0 aromatic carbocycles. The Balaban J connectivity index is 1.03. The maximum Gasteiger partial charge on any atom is 0.225 e. The zero-order chi connectivity index (χ0) is 20.3. The number of hydrogen-bond acceptors (Lipinski definition) is 8. The fourth-order valence-corrected chi connectivity index (χ4v) is 4.57. The molecule has 1 saturated heterocycles. The summed E-state index contributed by atoms with van der Waals surface area (Å²) in [5.41, 5.74) is 1.03. The fourth-order valence-electron chi connectivity index (χ4n) is 4.47. The van der Waals surface area contributed by atoms with E-state index in [2.05, 4.69) is 40.7 Å². The quantitative estimate of drug-likeness (QED) is 0.617. The van der Waals surface area contributed by atoms with Crippen LogP contribution in [-0.2, 0) is 0 Å². The van der Waals surface area contributed by atoms with Crippen molar-refractivity contribution in [2.45, 2.75) is 25.7 Å². The highest BCUT2D eigenvalue weighted by Gasteiger charge is 2.43. The molecule has 0 amide bonds. The Morgan fingerprint density at radius 1 is 1.07 bits per heavy atom. The molecule has 0 spiro atoms. The van der Waals surface area contributed by atoms with Crippen LogP contribution in [0.2, 0.25) is 5.02 Å². The monoisotopic (exact) mass is 425 g/mol. The lowest BCUT2D eigenvalue weighted by Gasteiger charge is -2.32. The number of piperidine rings is 1. The number of hydrogen-bond donors (Lipinski definition) is 1. The lowest BCUT2D eigenvalue weighted by atomic mass is 9.90. The van der Waals surface area contributed by atoms with Crippen LogP contribution < -0.4 is 10.2 Å². The van der Waals surface area contributed by atoms with E-state index in [-0.39, 0.29) is 0 Å². The summed E-state index contributed by atoms with van der Waals surface area (Å²) in [6.07, 6.45) is 11.7. The minimum Gasteiger partial charge on any atom is -0.384 e. The van der Waals surface area contributed by atoms with Crippen molar-refractivity contribution in [3.05, 3.63) is 42.1 Å². The standard InChI is InChI=1S/C20H24ClN9/c21-16-10-24-20(25-11-16)29-7-4-14(5-8-29)18-9-15(18)3-6-22-17-1-2-19(23-12-17)30-13-26-27-28-30/h1-2,10-15,18,22H,3-9H2. The summed E-state index contributed by atoms with van der Waals surface area (Å²) < 4.78 is 1.54. The average molecular weight is 426 g/mol. The molecule has 0 bridgehead atoms. The van der Waals surface area contributed by atoms with Gasteiger partial charge in [0.15, 0.2) is 5.82 Å². The summed E-state index contributed by atoms with van der Waals surface area (Å²) in [7, 11) is 0. The third kappa shape index (κ3) is 4.35. The van der Waals surface area contributed by atoms with Gasteiger partial charge < -0.3 is 10.2 Å². The van der Waals surface area contributed by atoms with E-state index in [1.165, 1.54) is 32.0 Å². The van der Waals surface area contributed by atoms with Crippen LogP contribution >= 0.6 is 11.6 Å². The Hall–Kier alpha value is -2.81. The van der Waals surface area contributed by atoms with Gasteiger partial charge in [-0.3, -0.25) is 0 Å². The van der Waals surface area contributed by atoms with Crippen molar-refractivity contribution >= 4 is 23.2 Å². The Labute approximate surface area is 179 Å². The fraction of sp³-hybridized carbons (Fsp3) is 0.500. The van der Waals surface area contributed by atoms with Gasteiger partial charge in [0, 0.05) is 19.6 Å². The van der Waals surface area contributed by atoms with E-state index in [1.807, 2.05) is 18.3 Å². The van der Waals surface area contributed by atoms with E-state index in [4.69, 9.17) is 11.6 Å². The van der Waals surface area contributed by atoms with Crippen molar-refractivity contribution < 1.29 is 0 Å². The Kier molecular flexibility index (Phi) is 5.44. The van der Waals surface area contributed by atoms with Crippen LogP contribution in [0.1, 0.15) is 25.7 Å². The highest BCUT2D eigenvalue weighted by atomic mass is 35.5. The van der Waals surface area contributed by atoms with E-state index >= 15 is 0 Å². The van der Waals surface area contributed by atoms with Gasteiger partial charge in [-0.15, -0.1) is 5.10 Å². The summed E-state index contributed by atoms with van der Waals surface area (Å²) in [4.78, 5) is 15.4. The Bertz CT molecular complexity index is 937. The van der Waals surface area contributed by atoms with Crippen LogP contribution in [0.15, 0.2) is 37.1 Å². The number of anilines is 2. The second-order valence-corrected chi connectivity index (χ2v) is 8.50. The molecule has 1 N–H and O–H groups in total. The molecule has 2 unspecified atom stereocenters. The highest BCUT2D eigenvalue weighted by Crippen LogP contribution is 2.49. The van der Waals surface area contributed by atoms with Crippen LogP contribution in [0, 0.1) is 17.8 Å². The van der Waals surface area contributed by atoms with Gasteiger partial charge in [0.05, 0.1) is 29.3 Å². The molecule has 1 aliphatic carbocycles. The molecular weight excluding hydrogens is 402 g/mol. The molecular formula is C20H24ClN9. The number of nitrogens with zero attached hydrogens (tertiary/aromatic N) is 8. The molecule has 1 saturated carbocycles. The Morgan fingerprint density at radius 2 is 1.90 bits per heavy atom.